The van der Waals surface area contributed by atoms with E-state index in [4.69, 9.17) is 14.2 Å². The molecule has 1 aliphatic rings. The lowest BCUT2D eigenvalue weighted by atomic mass is 10.2. The van der Waals surface area contributed by atoms with E-state index >= 15 is 0 Å². The van der Waals surface area contributed by atoms with Gasteiger partial charge in [-0.1, -0.05) is 6.07 Å². The van der Waals surface area contributed by atoms with Gasteiger partial charge in [0.2, 0.25) is 0 Å². The minimum atomic E-state index is -3.49. The molecular weight excluding hydrogens is 296 g/mol. The van der Waals surface area contributed by atoms with Gasteiger partial charge in [-0.05, 0) is 17.7 Å². The second kappa shape index (κ2) is 7.08. The standard InChI is InChI=1S/C13H20N2O5S/c1-18-12-4-3-11(9-13(12)19-2)10-14-21(16,17)15-5-7-20-8-6-15/h3-4,9,14H,5-8,10H2,1-2H3. The summed E-state index contributed by atoms with van der Waals surface area (Å²) in [5.41, 5.74) is 0.796. The van der Waals surface area contributed by atoms with Gasteiger partial charge >= 0.3 is 0 Å². The third kappa shape index (κ3) is 4.07. The quantitative estimate of drug-likeness (QED) is 0.820. The topological polar surface area (TPSA) is 77.1 Å². The molecule has 0 amide bonds. The molecule has 0 atom stereocenters. The van der Waals surface area contributed by atoms with Crippen LogP contribution in [-0.4, -0.2) is 53.2 Å². The number of hydrogen-bond acceptors (Lipinski definition) is 5. The lowest BCUT2D eigenvalue weighted by Crippen LogP contribution is -2.46. The zero-order valence-electron chi connectivity index (χ0n) is 12.2. The van der Waals surface area contributed by atoms with Crippen LogP contribution in [0.4, 0.5) is 0 Å². The number of methoxy groups -OCH3 is 2. The number of rotatable bonds is 6. The molecule has 0 unspecified atom stereocenters. The summed E-state index contributed by atoms with van der Waals surface area (Å²) < 4.78 is 43.7. The Balaban J connectivity index is 2.01. The monoisotopic (exact) mass is 316 g/mol. The SMILES string of the molecule is COc1ccc(CNS(=O)(=O)N2CCOCC2)cc1OC. The van der Waals surface area contributed by atoms with Crippen molar-refractivity contribution in [3.05, 3.63) is 23.8 Å². The van der Waals surface area contributed by atoms with E-state index in [0.29, 0.717) is 37.8 Å². The summed E-state index contributed by atoms with van der Waals surface area (Å²) in [6.45, 7) is 1.80. The van der Waals surface area contributed by atoms with E-state index < -0.39 is 10.2 Å². The molecule has 1 saturated heterocycles. The fourth-order valence-electron chi connectivity index (χ4n) is 2.04. The third-order valence-electron chi connectivity index (χ3n) is 3.22. The lowest BCUT2D eigenvalue weighted by molar-refractivity contribution is 0.0725. The van der Waals surface area contributed by atoms with Gasteiger partial charge in [-0.25, -0.2) is 0 Å². The molecule has 1 aromatic carbocycles. The third-order valence-corrected chi connectivity index (χ3v) is 4.77. The first-order valence-corrected chi connectivity index (χ1v) is 8.04. The molecule has 1 fully saturated rings. The first-order chi connectivity index (χ1) is 10.1. The molecule has 21 heavy (non-hydrogen) atoms. The van der Waals surface area contributed by atoms with Crippen LogP contribution in [-0.2, 0) is 21.5 Å². The van der Waals surface area contributed by atoms with Crippen molar-refractivity contribution < 1.29 is 22.6 Å². The Morgan fingerprint density at radius 2 is 1.86 bits per heavy atom. The van der Waals surface area contributed by atoms with Crippen molar-refractivity contribution in [3.8, 4) is 11.5 Å². The number of morpholine rings is 1. The molecule has 0 aliphatic carbocycles. The van der Waals surface area contributed by atoms with Crippen LogP contribution in [0.3, 0.4) is 0 Å². The number of ether oxygens (including phenoxy) is 3. The van der Waals surface area contributed by atoms with Gasteiger partial charge in [0.05, 0.1) is 27.4 Å². The summed E-state index contributed by atoms with van der Waals surface area (Å²) >= 11 is 0. The Morgan fingerprint density at radius 3 is 2.48 bits per heavy atom. The van der Waals surface area contributed by atoms with Crippen molar-refractivity contribution in [2.75, 3.05) is 40.5 Å². The molecule has 0 aromatic heterocycles. The molecule has 7 nitrogen and oxygen atoms in total. The average Bonchev–Trinajstić information content (AvgIpc) is 2.53. The lowest BCUT2D eigenvalue weighted by Gasteiger charge is -2.26. The van der Waals surface area contributed by atoms with Crippen LogP contribution >= 0.6 is 0 Å². The molecule has 1 N–H and O–H groups in total. The first kappa shape index (κ1) is 16.0. The second-order valence-corrected chi connectivity index (χ2v) is 6.28. The molecule has 0 saturated carbocycles. The van der Waals surface area contributed by atoms with E-state index in [1.54, 1.807) is 32.4 Å². The first-order valence-electron chi connectivity index (χ1n) is 6.60. The van der Waals surface area contributed by atoms with Crippen molar-refractivity contribution >= 4 is 10.2 Å². The minimum Gasteiger partial charge on any atom is -0.493 e. The van der Waals surface area contributed by atoms with Gasteiger partial charge in [-0.2, -0.15) is 17.4 Å². The summed E-state index contributed by atoms with van der Waals surface area (Å²) in [4.78, 5) is 0. The highest BCUT2D eigenvalue weighted by Crippen LogP contribution is 2.27. The van der Waals surface area contributed by atoms with Crippen molar-refractivity contribution in [2.24, 2.45) is 0 Å². The van der Waals surface area contributed by atoms with Gasteiger partial charge in [0, 0.05) is 19.6 Å². The Morgan fingerprint density at radius 1 is 1.19 bits per heavy atom. The van der Waals surface area contributed by atoms with E-state index in [0.717, 1.165) is 5.56 Å². The van der Waals surface area contributed by atoms with Gasteiger partial charge in [0.15, 0.2) is 11.5 Å². The van der Waals surface area contributed by atoms with Crippen LogP contribution in [0.5, 0.6) is 11.5 Å². The molecule has 1 aromatic rings. The Bertz CT molecular complexity index is 570. The molecule has 8 heteroatoms. The summed E-state index contributed by atoms with van der Waals surface area (Å²) in [5, 5.41) is 0. The van der Waals surface area contributed by atoms with Crippen LogP contribution in [0.2, 0.25) is 0 Å². The minimum absolute atomic E-state index is 0.194. The highest BCUT2D eigenvalue weighted by molar-refractivity contribution is 7.87. The molecule has 2 rings (SSSR count). The Labute approximate surface area is 125 Å². The van der Waals surface area contributed by atoms with Crippen molar-refractivity contribution in [1.29, 1.82) is 0 Å². The summed E-state index contributed by atoms with van der Waals surface area (Å²) in [7, 11) is -0.390. The zero-order valence-corrected chi connectivity index (χ0v) is 13.0. The Kier molecular flexibility index (Phi) is 5.40. The maximum Gasteiger partial charge on any atom is 0.279 e. The molecule has 1 heterocycles. The summed E-state index contributed by atoms with van der Waals surface area (Å²) in [6.07, 6.45) is 0. The largest absolute Gasteiger partial charge is 0.493 e. The Hall–Kier alpha value is -1.35. The number of hydrogen-bond donors (Lipinski definition) is 1. The fraction of sp³-hybridized carbons (Fsp3) is 0.538. The van der Waals surface area contributed by atoms with Crippen LogP contribution < -0.4 is 14.2 Å². The fourth-order valence-corrected chi connectivity index (χ4v) is 3.20. The molecule has 0 bridgehead atoms. The zero-order chi connectivity index (χ0) is 15.3. The second-order valence-electron chi connectivity index (χ2n) is 4.53. The van der Waals surface area contributed by atoms with Gasteiger partial charge in [0.25, 0.3) is 10.2 Å². The number of nitrogens with zero attached hydrogens (tertiary/aromatic N) is 1. The molecule has 1 aliphatic heterocycles. The van der Waals surface area contributed by atoms with Gasteiger partial charge in [-0.15, -0.1) is 0 Å². The molecular formula is C13H20N2O5S. The van der Waals surface area contributed by atoms with E-state index in [-0.39, 0.29) is 6.54 Å². The highest BCUT2D eigenvalue weighted by Gasteiger charge is 2.23. The van der Waals surface area contributed by atoms with Crippen molar-refractivity contribution in [3.63, 3.8) is 0 Å². The van der Waals surface area contributed by atoms with Crippen molar-refractivity contribution in [2.45, 2.75) is 6.54 Å². The van der Waals surface area contributed by atoms with Gasteiger partial charge in [0.1, 0.15) is 0 Å². The van der Waals surface area contributed by atoms with E-state index in [9.17, 15) is 8.42 Å². The number of benzene rings is 1. The predicted molar refractivity (Wildman–Crippen MR) is 77.7 cm³/mol. The van der Waals surface area contributed by atoms with E-state index in [1.807, 2.05) is 0 Å². The maximum absolute atomic E-state index is 12.1. The molecule has 0 radical (unpaired) electrons. The van der Waals surface area contributed by atoms with Gasteiger partial charge in [-0.3, -0.25) is 0 Å². The normalized spacial score (nSPS) is 16.7. The summed E-state index contributed by atoms with van der Waals surface area (Å²) in [6, 6.07) is 5.29. The highest BCUT2D eigenvalue weighted by atomic mass is 32.2. The predicted octanol–water partition coefficient (Wildman–Crippen LogP) is 0.370. The van der Waals surface area contributed by atoms with Gasteiger partial charge < -0.3 is 14.2 Å². The molecule has 0 spiro atoms. The molecule has 118 valence electrons. The summed E-state index contributed by atoms with van der Waals surface area (Å²) in [5.74, 6) is 1.18. The number of nitrogens with one attached hydrogen (secondary N) is 1. The van der Waals surface area contributed by atoms with Crippen LogP contribution in [0.15, 0.2) is 18.2 Å². The van der Waals surface area contributed by atoms with Crippen LogP contribution in [0, 0.1) is 0 Å². The van der Waals surface area contributed by atoms with E-state index in [1.165, 1.54) is 4.31 Å². The van der Waals surface area contributed by atoms with E-state index in [2.05, 4.69) is 4.72 Å². The smallest absolute Gasteiger partial charge is 0.279 e. The average molecular weight is 316 g/mol. The van der Waals surface area contributed by atoms with Crippen LogP contribution in [0.1, 0.15) is 5.56 Å². The van der Waals surface area contributed by atoms with Crippen LogP contribution in [0.25, 0.3) is 0 Å². The van der Waals surface area contributed by atoms with Crippen molar-refractivity contribution in [1.82, 2.24) is 9.03 Å². The maximum atomic E-state index is 12.1.